The molecule has 0 spiro atoms. The van der Waals surface area contributed by atoms with Gasteiger partial charge in [-0.25, -0.2) is 15.8 Å². The van der Waals surface area contributed by atoms with Crippen molar-refractivity contribution in [3.05, 3.63) is 10.8 Å². The largest absolute Gasteiger partial charge is 0.395 e. The Balaban J connectivity index is 2.86. The van der Waals surface area contributed by atoms with Crippen LogP contribution in [0.1, 0.15) is 6.92 Å². The van der Waals surface area contributed by atoms with Crippen LogP contribution in [0, 0.1) is 0 Å². The molecule has 0 bridgehead atoms. The van der Waals surface area contributed by atoms with Gasteiger partial charge < -0.3 is 10.5 Å². The van der Waals surface area contributed by atoms with Gasteiger partial charge in [0.25, 0.3) is 0 Å². The lowest BCUT2D eigenvalue weighted by Gasteiger charge is -2.09. The number of anilines is 1. The molecular formula is C7H11BrN4OS. The molecule has 1 atom stereocenters. The molecule has 0 amide bonds. The van der Waals surface area contributed by atoms with Gasteiger partial charge in [-0.3, -0.25) is 0 Å². The van der Waals surface area contributed by atoms with E-state index in [1.54, 1.807) is 0 Å². The molecule has 0 fully saturated rings. The zero-order valence-electron chi connectivity index (χ0n) is 7.57. The molecule has 4 N–H and O–H groups in total. The fourth-order valence-corrected chi connectivity index (χ4v) is 2.13. The van der Waals surface area contributed by atoms with Gasteiger partial charge in [0.1, 0.15) is 11.4 Å². The second kappa shape index (κ2) is 5.50. The number of aliphatic hydroxyl groups is 1. The van der Waals surface area contributed by atoms with Crippen LogP contribution in [0.25, 0.3) is 0 Å². The normalized spacial score (nSPS) is 12.6. The van der Waals surface area contributed by atoms with Gasteiger partial charge in [0, 0.05) is 5.25 Å². The van der Waals surface area contributed by atoms with E-state index in [1.807, 2.05) is 6.92 Å². The van der Waals surface area contributed by atoms with Crippen molar-refractivity contribution < 1.29 is 5.11 Å². The molecule has 7 heteroatoms. The van der Waals surface area contributed by atoms with E-state index in [4.69, 9.17) is 10.9 Å². The summed E-state index contributed by atoms with van der Waals surface area (Å²) in [7, 11) is 0. The smallest absolute Gasteiger partial charge is 0.158 e. The zero-order chi connectivity index (χ0) is 10.6. The van der Waals surface area contributed by atoms with Crippen molar-refractivity contribution >= 4 is 33.5 Å². The first-order valence-corrected chi connectivity index (χ1v) is 5.61. The minimum atomic E-state index is 0.0897. The number of hydrogen-bond acceptors (Lipinski definition) is 6. The molecule has 1 aromatic heterocycles. The number of nitrogens with two attached hydrogens (primary N) is 1. The van der Waals surface area contributed by atoms with Crippen molar-refractivity contribution in [2.45, 2.75) is 17.2 Å². The number of aliphatic hydroxyl groups excluding tert-OH is 1. The van der Waals surface area contributed by atoms with Crippen LogP contribution >= 0.6 is 27.7 Å². The zero-order valence-corrected chi connectivity index (χ0v) is 9.97. The van der Waals surface area contributed by atoms with Gasteiger partial charge in [0.15, 0.2) is 5.82 Å². The topological polar surface area (TPSA) is 84.1 Å². The second-order valence-electron chi connectivity index (χ2n) is 2.60. The number of nitrogens with zero attached hydrogens (tertiary/aromatic N) is 2. The maximum atomic E-state index is 8.89. The number of nitrogen functional groups attached to an aromatic ring is 1. The van der Waals surface area contributed by atoms with Gasteiger partial charge in [0.05, 0.1) is 11.1 Å². The van der Waals surface area contributed by atoms with Gasteiger partial charge in [-0.15, -0.1) is 0 Å². The number of rotatable bonds is 4. The van der Waals surface area contributed by atoms with Crippen LogP contribution in [0.4, 0.5) is 5.82 Å². The molecule has 1 unspecified atom stereocenters. The maximum absolute atomic E-state index is 8.89. The standard InChI is InChI=1S/C7H11BrN4OS/c1-4(2-13)14-7-5(8)6(12-9)10-3-11-7/h3-4,13H,2,9H2,1H3,(H,10,11,12). The Morgan fingerprint density at radius 2 is 2.43 bits per heavy atom. The van der Waals surface area contributed by atoms with Gasteiger partial charge >= 0.3 is 0 Å². The number of hydrogen-bond donors (Lipinski definition) is 3. The number of halogens is 1. The molecule has 0 aliphatic carbocycles. The first-order chi connectivity index (χ1) is 6.69. The molecule has 1 rings (SSSR count). The van der Waals surface area contributed by atoms with Crippen LogP contribution in [0.15, 0.2) is 15.8 Å². The molecule has 1 aromatic rings. The Hall–Kier alpha value is -0.370. The fourth-order valence-electron chi connectivity index (χ4n) is 0.764. The summed E-state index contributed by atoms with van der Waals surface area (Å²) >= 11 is 4.79. The molecule has 78 valence electrons. The highest BCUT2D eigenvalue weighted by Gasteiger charge is 2.11. The number of thioether (sulfide) groups is 1. The summed E-state index contributed by atoms with van der Waals surface area (Å²) in [5.41, 5.74) is 2.45. The molecule has 0 saturated carbocycles. The van der Waals surface area contributed by atoms with Crippen molar-refractivity contribution in [3.8, 4) is 0 Å². The van der Waals surface area contributed by atoms with Crippen LogP contribution in [0.5, 0.6) is 0 Å². The summed E-state index contributed by atoms with van der Waals surface area (Å²) in [5.74, 6) is 5.79. The van der Waals surface area contributed by atoms with Crippen LogP contribution in [0.2, 0.25) is 0 Å². The first-order valence-electron chi connectivity index (χ1n) is 3.93. The molecule has 0 aliphatic heterocycles. The van der Waals surface area contributed by atoms with E-state index in [0.717, 1.165) is 5.03 Å². The average Bonchev–Trinajstić information content (AvgIpc) is 2.21. The molecule has 0 saturated heterocycles. The summed E-state index contributed by atoms with van der Waals surface area (Å²) in [6, 6.07) is 0. The van der Waals surface area contributed by atoms with E-state index in [0.29, 0.717) is 10.3 Å². The summed E-state index contributed by atoms with van der Waals surface area (Å²) in [6.07, 6.45) is 1.42. The van der Waals surface area contributed by atoms with E-state index in [1.165, 1.54) is 18.1 Å². The Morgan fingerprint density at radius 1 is 1.71 bits per heavy atom. The maximum Gasteiger partial charge on any atom is 0.158 e. The molecule has 14 heavy (non-hydrogen) atoms. The van der Waals surface area contributed by atoms with Crippen molar-refractivity contribution in [1.29, 1.82) is 0 Å². The third-order valence-corrected chi connectivity index (χ3v) is 3.56. The van der Waals surface area contributed by atoms with E-state index in [-0.39, 0.29) is 11.9 Å². The van der Waals surface area contributed by atoms with E-state index in [2.05, 4.69) is 31.3 Å². The lowest BCUT2D eigenvalue weighted by molar-refractivity contribution is 0.300. The van der Waals surface area contributed by atoms with Crippen LogP contribution in [-0.2, 0) is 0 Å². The lowest BCUT2D eigenvalue weighted by atomic mass is 10.5. The number of hydrazine groups is 1. The summed E-state index contributed by atoms with van der Waals surface area (Å²) in [6.45, 7) is 2.02. The van der Waals surface area contributed by atoms with Crippen LogP contribution in [-0.4, -0.2) is 26.9 Å². The average molecular weight is 279 g/mol. The van der Waals surface area contributed by atoms with Gasteiger partial charge in [-0.05, 0) is 15.9 Å². The van der Waals surface area contributed by atoms with E-state index >= 15 is 0 Å². The van der Waals surface area contributed by atoms with Crippen molar-refractivity contribution in [3.63, 3.8) is 0 Å². The summed E-state index contributed by atoms with van der Waals surface area (Å²) < 4.78 is 0.716. The fraction of sp³-hybridized carbons (Fsp3) is 0.429. The highest BCUT2D eigenvalue weighted by molar-refractivity contribution is 9.10. The van der Waals surface area contributed by atoms with Gasteiger partial charge in [-0.2, -0.15) is 0 Å². The molecule has 5 nitrogen and oxygen atoms in total. The third kappa shape index (κ3) is 2.81. The predicted molar refractivity (Wildman–Crippen MR) is 59.9 cm³/mol. The number of aromatic nitrogens is 2. The lowest BCUT2D eigenvalue weighted by Crippen LogP contribution is -2.10. The Bertz CT molecular complexity index is 312. The van der Waals surface area contributed by atoms with Crippen molar-refractivity contribution in [2.75, 3.05) is 12.0 Å². The van der Waals surface area contributed by atoms with Gasteiger partial charge in [0.2, 0.25) is 0 Å². The quantitative estimate of drug-likeness (QED) is 0.330. The van der Waals surface area contributed by atoms with Crippen molar-refractivity contribution in [1.82, 2.24) is 9.97 Å². The minimum absolute atomic E-state index is 0.0897. The second-order valence-corrected chi connectivity index (χ2v) is 4.82. The highest BCUT2D eigenvalue weighted by Crippen LogP contribution is 2.31. The monoisotopic (exact) mass is 278 g/mol. The third-order valence-electron chi connectivity index (χ3n) is 1.46. The summed E-state index contributed by atoms with van der Waals surface area (Å²) in [4.78, 5) is 7.99. The molecule has 0 radical (unpaired) electrons. The predicted octanol–water partition coefficient (Wildman–Crippen LogP) is 0.998. The van der Waals surface area contributed by atoms with E-state index in [9.17, 15) is 0 Å². The molecule has 1 heterocycles. The summed E-state index contributed by atoms with van der Waals surface area (Å²) in [5, 5.41) is 9.74. The van der Waals surface area contributed by atoms with E-state index < -0.39 is 0 Å². The molecule has 0 aliphatic rings. The first kappa shape index (κ1) is 11.7. The Morgan fingerprint density at radius 3 is 3.00 bits per heavy atom. The molecular weight excluding hydrogens is 268 g/mol. The van der Waals surface area contributed by atoms with Gasteiger partial charge in [-0.1, -0.05) is 18.7 Å². The SMILES string of the molecule is CC(CO)Sc1ncnc(NN)c1Br. The Kier molecular flexibility index (Phi) is 4.59. The highest BCUT2D eigenvalue weighted by atomic mass is 79.9. The minimum Gasteiger partial charge on any atom is -0.395 e. The van der Waals surface area contributed by atoms with Crippen LogP contribution < -0.4 is 11.3 Å². The Labute approximate surface area is 94.6 Å². The number of nitrogens with one attached hydrogen (secondary N) is 1. The van der Waals surface area contributed by atoms with Crippen molar-refractivity contribution in [2.24, 2.45) is 5.84 Å². The van der Waals surface area contributed by atoms with Crippen LogP contribution in [0.3, 0.4) is 0 Å². The molecule has 0 aromatic carbocycles.